The Balaban J connectivity index is 2.06. The van der Waals surface area contributed by atoms with Gasteiger partial charge in [0.1, 0.15) is 0 Å². The van der Waals surface area contributed by atoms with E-state index in [9.17, 15) is 4.57 Å². The van der Waals surface area contributed by atoms with Gasteiger partial charge in [-0.2, -0.15) is 0 Å². The monoisotopic (exact) mass is 356 g/mol. The van der Waals surface area contributed by atoms with E-state index in [2.05, 4.69) is 32.0 Å². The summed E-state index contributed by atoms with van der Waals surface area (Å²) in [6.45, 7) is 4.11. The molecule has 0 fully saturated rings. The van der Waals surface area contributed by atoms with Crippen LogP contribution in [0.15, 0.2) is 91.0 Å². The summed E-state index contributed by atoms with van der Waals surface area (Å²) in [5.74, 6) is 0. The number of fused-ring (bicyclic) bond motifs is 1. The van der Waals surface area contributed by atoms with Crippen molar-refractivity contribution in [2.45, 2.75) is 13.8 Å². The fourth-order valence-corrected chi connectivity index (χ4v) is 6.25. The Kier molecular flexibility index (Phi) is 4.26. The summed E-state index contributed by atoms with van der Waals surface area (Å²) in [4.78, 5) is 0. The van der Waals surface area contributed by atoms with E-state index in [1.54, 1.807) is 0 Å². The third kappa shape index (κ3) is 2.79. The van der Waals surface area contributed by atoms with E-state index in [4.69, 9.17) is 0 Å². The Morgan fingerprint density at radius 1 is 0.577 bits per heavy atom. The summed E-state index contributed by atoms with van der Waals surface area (Å²) in [6, 6.07) is 30.5. The van der Waals surface area contributed by atoms with Gasteiger partial charge in [-0.25, -0.2) is 0 Å². The summed E-state index contributed by atoms with van der Waals surface area (Å²) in [6.07, 6.45) is 0. The van der Waals surface area contributed by atoms with Crippen LogP contribution in [0.2, 0.25) is 0 Å². The van der Waals surface area contributed by atoms with E-state index in [1.807, 2.05) is 72.8 Å². The first-order valence-electron chi connectivity index (χ1n) is 8.82. The van der Waals surface area contributed by atoms with Crippen molar-refractivity contribution in [2.24, 2.45) is 0 Å². The van der Waals surface area contributed by atoms with Crippen LogP contribution in [-0.2, 0) is 4.57 Å². The molecule has 26 heavy (non-hydrogen) atoms. The maximum absolute atomic E-state index is 14.7. The molecule has 0 radical (unpaired) electrons. The van der Waals surface area contributed by atoms with Gasteiger partial charge in [0, 0.05) is 15.9 Å². The number of hydrogen-bond donors (Lipinski definition) is 0. The fraction of sp³-hybridized carbons (Fsp3) is 0.0833. The molecule has 0 N–H and O–H groups in total. The molecule has 2 heteroatoms. The molecule has 0 bridgehead atoms. The molecule has 4 aromatic carbocycles. The third-order valence-corrected chi connectivity index (χ3v) is 8.02. The standard InChI is InChI=1S/C24H21OP/c1-18-10-14-21(15-11-18)26(25,22-16-12-19(2)13-17-22)24-9-5-7-20-6-3-4-8-23(20)24/h3-17H,1-2H3. The van der Waals surface area contributed by atoms with Gasteiger partial charge in [0.05, 0.1) is 0 Å². The van der Waals surface area contributed by atoms with Crippen molar-refractivity contribution in [3.63, 3.8) is 0 Å². The zero-order chi connectivity index (χ0) is 18.1. The molecular weight excluding hydrogens is 335 g/mol. The van der Waals surface area contributed by atoms with Gasteiger partial charge in [0.2, 0.25) is 0 Å². The average Bonchev–Trinajstić information content (AvgIpc) is 2.68. The van der Waals surface area contributed by atoms with Crippen LogP contribution in [0.1, 0.15) is 11.1 Å². The molecule has 0 saturated heterocycles. The number of rotatable bonds is 3. The second kappa shape index (κ2) is 6.59. The van der Waals surface area contributed by atoms with E-state index in [1.165, 1.54) is 11.1 Å². The quantitative estimate of drug-likeness (QED) is 0.467. The van der Waals surface area contributed by atoms with Crippen LogP contribution in [0.5, 0.6) is 0 Å². The summed E-state index contributed by atoms with van der Waals surface area (Å²) >= 11 is 0. The lowest BCUT2D eigenvalue weighted by atomic mass is 10.1. The van der Waals surface area contributed by atoms with Gasteiger partial charge in [-0.1, -0.05) is 102 Å². The van der Waals surface area contributed by atoms with E-state index in [0.29, 0.717) is 0 Å². The van der Waals surface area contributed by atoms with Crippen LogP contribution in [0.25, 0.3) is 10.8 Å². The molecule has 0 amide bonds. The number of aryl methyl sites for hydroxylation is 2. The van der Waals surface area contributed by atoms with Crippen molar-refractivity contribution in [3.8, 4) is 0 Å². The summed E-state index contributed by atoms with van der Waals surface area (Å²) in [5, 5.41) is 4.83. The maximum atomic E-state index is 14.7. The van der Waals surface area contributed by atoms with Crippen LogP contribution < -0.4 is 15.9 Å². The Hall–Kier alpha value is -2.63. The van der Waals surface area contributed by atoms with Gasteiger partial charge in [-0.3, -0.25) is 0 Å². The fourth-order valence-electron chi connectivity index (χ4n) is 3.42. The second-order valence-electron chi connectivity index (χ2n) is 6.78. The highest BCUT2D eigenvalue weighted by Gasteiger charge is 2.31. The van der Waals surface area contributed by atoms with Crippen molar-refractivity contribution in [1.82, 2.24) is 0 Å². The van der Waals surface area contributed by atoms with Gasteiger partial charge < -0.3 is 4.57 Å². The predicted octanol–water partition coefficient (Wildman–Crippen LogP) is 5.10. The topological polar surface area (TPSA) is 17.1 Å². The minimum absolute atomic E-state index is 0.878. The lowest BCUT2D eigenvalue weighted by Crippen LogP contribution is -2.25. The van der Waals surface area contributed by atoms with Gasteiger partial charge in [-0.15, -0.1) is 0 Å². The smallest absolute Gasteiger partial charge is 0.171 e. The molecular formula is C24H21OP. The predicted molar refractivity (Wildman–Crippen MR) is 113 cm³/mol. The first kappa shape index (κ1) is 16.8. The second-order valence-corrected chi connectivity index (χ2v) is 9.51. The molecule has 128 valence electrons. The van der Waals surface area contributed by atoms with E-state index in [0.717, 1.165) is 26.7 Å². The Morgan fingerprint density at radius 3 is 1.65 bits per heavy atom. The van der Waals surface area contributed by atoms with E-state index in [-0.39, 0.29) is 0 Å². The zero-order valence-corrected chi connectivity index (χ0v) is 15.9. The normalized spacial score (nSPS) is 11.6. The van der Waals surface area contributed by atoms with Crippen LogP contribution in [0.4, 0.5) is 0 Å². The molecule has 0 aliphatic carbocycles. The van der Waals surface area contributed by atoms with Crippen molar-refractivity contribution >= 4 is 33.8 Å². The molecule has 0 unspecified atom stereocenters. The lowest BCUT2D eigenvalue weighted by molar-refractivity contribution is 0.592. The highest BCUT2D eigenvalue weighted by Crippen LogP contribution is 2.44. The van der Waals surface area contributed by atoms with Crippen LogP contribution in [0, 0.1) is 13.8 Å². The van der Waals surface area contributed by atoms with E-state index < -0.39 is 7.14 Å². The largest absolute Gasteiger partial charge is 0.309 e. The van der Waals surface area contributed by atoms with Crippen LogP contribution >= 0.6 is 7.14 Å². The molecule has 0 atom stereocenters. The molecule has 0 aromatic heterocycles. The first-order valence-corrected chi connectivity index (χ1v) is 10.5. The van der Waals surface area contributed by atoms with Crippen molar-refractivity contribution in [3.05, 3.63) is 102 Å². The highest BCUT2D eigenvalue weighted by atomic mass is 31.2. The van der Waals surface area contributed by atoms with Gasteiger partial charge in [0.15, 0.2) is 7.14 Å². The Labute approximate surface area is 154 Å². The molecule has 0 spiro atoms. The first-order chi connectivity index (χ1) is 12.6. The van der Waals surface area contributed by atoms with E-state index >= 15 is 0 Å². The minimum atomic E-state index is -2.96. The van der Waals surface area contributed by atoms with Gasteiger partial charge in [-0.05, 0) is 24.6 Å². The molecule has 0 heterocycles. The SMILES string of the molecule is Cc1ccc(P(=O)(c2ccc(C)cc2)c2cccc3ccccc23)cc1. The average molecular weight is 356 g/mol. The summed E-state index contributed by atoms with van der Waals surface area (Å²) in [5.41, 5.74) is 2.34. The van der Waals surface area contributed by atoms with Crippen molar-refractivity contribution in [1.29, 1.82) is 0 Å². The molecule has 4 rings (SSSR count). The molecule has 0 aliphatic heterocycles. The van der Waals surface area contributed by atoms with Crippen molar-refractivity contribution in [2.75, 3.05) is 0 Å². The molecule has 4 aromatic rings. The summed E-state index contributed by atoms with van der Waals surface area (Å²) in [7, 11) is -2.96. The minimum Gasteiger partial charge on any atom is -0.309 e. The molecule has 0 saturated carbocycles. The third-order valence-electron chi connectivity index (χ3n) is 4.90. The van der Waals surface area contributed by atoms with Crippen LogP contribution in [0.3, 0.4) is 0 Å². The van der Waals surface area contributed by atoms with Crippen LogP contribution in [-0.4, -0.2) is 0 Å². The number of hydrogen-bond acceptors (Lipinski definition) is 1. The van der Waals surface area contributed by atoms with Gasteiger partial charge >= 0.3 is 0 Å². The Morgan fingerprint density at radius 2 is 1.08 bits per heavy atom. The summed E-state index contributed by atoms with van der Waals surface area (Å²) < 4.78 is 14.7. The highest BCUT2D eigenvalue weighted by molar-refractivity contribution is 7.85. The van der Waals surface area contributed by atoms with Crippen molar-refractivity contribution < 1.29 is 4.57 Å². The number of benzene rings is 4. The molecule has 1 nitrogen and oxygen atoms in total. The Bertz CT molecular complexity index is 1050. The zero-order valence-electron chi connectivity index (χ0n) is 15.0. The van der Waals surface area contributed by atoms with Gasteiger partial charge in [0.25, 0.3) is 0 Å². The molecule has 0 aliphatic rings. The lowest BCUT2D eigenvalue weighted by Gasteiger charge is -2.22. The maximum Gasteiger partial charge on any atom is 0.171 e.